The summed E-state index contributed by atoms with van der Waals surface area (Å²) >= 11 is 0. The molecule has 0 aromatic heterocycles. The molecule has 218 valence electrons. The molecule has 0 amide bonds. The van der Waals surface area contributed by atoms with E-state index in [1.165, 1.54) is 0 Å². The molecule has 4 aliphatic carbocycles. The largest absolute Gasteiger partial charge is 0.458 e. The van der Waals surface area contributed by atoms with E-state index in [1.807, 2.05) is 0 Å². The second-order valence-electron chi connectivity index (χ2n) is 13.5. The molecule has 2 heterocycles. The highest BCUT2D eigenvalue weighted by molar-refractivity contribution is 5.85. The lowest BCUT2D eigenvalue weighted by molar-refractivity contribution is -0.287. The monoisotopic (exact) mass is 548 g/mol. The molecule has 0 aromatic rings. The lowest BCUT2D eigenvalue weighted by atomic mass is 9.41. The van der Waals surface area contributed by atoms with Gasteiger partial charge in [0.15, 0.2) is 6.29 Å². The normalized spacial score (nSPS) is 53.3. The van der Waals surface area contributed by atoms with Crippen molar-refractivity contribution in [3.05, 3.63) is 11.6 Å². The molecule has 0 spiro atoms. The standard InChI is InChI=1S/C30H44O9/c1-17-26(33)23(36-3)13-25(38-17)39-19-4-9-28(16-31)21-5-8-27(2)20(18-12-24(32)37-15-18)7-11-30(27,35)22(21)6-10-29(28,34)14-19/h12,16-17,19-23,25-26,33-35H,4-11,13-15H2,1-3H3/t17-,19-,20+,21+,22+,23-,25+,26-,27-,28-,29+,30-/m1/s1. The number of aldehydes is 1. The van der Waals surface area contributed by atoms with Crippen LogP contribution in [0.25, 0.3) is 0 Å². The van der Waals surface area contributed by atoms with Crippen molar-refractivity contribution in [1.29, 1.82) is 0 Å². The maximum Gasteiger partial charge on any atom is 0.331 e. The zero-order valence-electron chi connectivity index (χ0n) is 23.3. The predicted octanol–water partition coefficient (Wildman–Crippen LogP) is 2.43. The zero-order chi connectivity index (χ0) is 27.8. The summed E-state index contributed by atoms with van der Waals surface area (Å²) in [6, 6.07) is 0. The van der Waals surface area contributed by atoms with E-state index >= 15 is 0 Å². The van der Waals surface area contributed by atoms with Gasteiger partial charge < -0.3 is 39.1 Å². The van der Waals surface area contributed by atoms with Gasteiger partial charge in [-0.25, -0.2) is 4.79 Å². The fraction of sp³-hybridized carbons (Fsp3) is 0.867. The molecule has 9 heteroatoms. The van der Waals surface area contributed by atoms with E-state index in [-0.39, 0.29) is 35.9 Å². The van der Waals surface area contributed by atoms with Gasteiger partial charge in [0.25, 0.3) is 0 Å². The van der Waals surface area contributed by atoms with Crippen LogP contribution in [0.3, 0.4) is 0 Å². The molecule has 6 aliphatic rings. The van der Waals surface area contributed by atoms with Crippen LogP contribution in [0.15, 0.2) is 11.6 Å². The Hall–Kier alpha value is -1.36. The van der Waals surface area contributed by atoms with Crippen LogP contribution in [0, 0.1) is 28.6 Å². The number of esters is 1. The second-order valence-corrected chi connectivity index (χ2v) is 13.5. The SMILES string of the molecule is CO[C@@H]1C[C@H](O[C@@H]2CC[C@@]3(C=O)[C@H]4CC[C@]5(C)[C@H](C6=CC(=O)OC6)CC[C@@]5(O)[C@H]4CC[C@]3(O)C2)O[C@H](C)[C@H]1O. The maximum atomic E-state index is 13.0. The van der Waals surface area contributed by atoms with E-state index in [0.29, 0.717) is 51.6 Å². The van der Waals surface area contributed by atoms with Gasteiger partial charge in [-0.3, -0.25) is 0 Å². The first kappa shape index (κ1) is 27.8. The molecule has 1 saturated heterocycles. The first-order valence-corrected chi connectivity index (χ1v) is 14.8. The van der Waals surface area contributed by atoms with Crippen molar-refractivity contribution in [3.8, 4) is 0 Å². The molecule has 0 radical (unpaired) electrons. The van der Waals surface area contributed by atoms with Crippen molar-refractivity contribution in [2.75, 3.05) is 13.7 Å². The number of carbonyl (C=O) groups excluding carboxylic acids is 2. The Bertz CT molecular complexity index is 1030. The highest BCUT2D eigenvalue weighted by atomic mass is 16.7. The van der Waals surface area contributed by atoms with E-state index in [2.05, 4.69) is 6.92 Å². The van der Waals surface area contributed by atoms with Gasteiger partial charge in [-0.1, -0.05) is 6.92 Å². The van der Waals surface area contributed by atoms with Crippen molar-refractivity contribution in [2.45, 2.75) is 120 Å². The topological polar surface area (TPSA) is 132 Å². The number of aliphatic hydroxyl groups is 3. The van der Waals surface area contributed by atoms with E-state index in [0.717, 1.165) is 31.1 Å². The molecule has 0 unspecified atom stereocenters. The first-order valence-electron chi connectivity index (χ1n) is 14.8. The van der Waals surface area contributed by atoms with Gasteiger partial charge in [-0.2, -0.15) is 0 Å². The van der Waals surface area contributed by atoms with Gasteiger partial charge >= 0.3 is 5.97 Å². The van der Waals surface area contributed by atoms with Crippen LogP contribution >= 0.6 is 0 Å². The summed E-state index contributed by atoms with van der Waals surface area (Å²) in [7, 11) is 1.57. The minimum absolute atomic E-state index is 0.0827. The molecular formula is C30H44O9. The van der Waals surface area contributed by atoms with Crippen LogP contribution < -0.4 is 0 Å². The molecule has 12 atom stereocenters. The van der Waals surface area contributed by atoms with Gasteiger partial charge in [0.2, 0.25) is 0 Å². The Labute approximate surface area is 230 Å². The van der Waals surface area contributed by atoms with Crippen LogP contribution in [0.2, 0.25) is 0 Å². The van der Waals surface area contributed by atoms with E-state index in [4.69, 9.17) is 18.9 Å². The Kier molecular flexibility index (Phi) is 6.84. The lowest BCUT2D eigenvalue weighted by Gasteiger charge is -2.65. The Balaban J connectivity index is 1.21. The van der Waals surface area contributed by atoms with Crippen molar-refractivity contribution in [1.82, 2.24) is 0 Å². The lowest BCUT2D eigenvalue weighted by Crippen LogP contribution is -2.69. The van der Waals surface area contributed by atoms with Crippen LogP contribution in [0.1, 0.15) is 78.1 Å². The molecule has 2 aliphatic heterocycles. The van der Waals surface area contributed by atoms with Gasteiger partial charge in [0.1, 0.15) is 19.0 Å². The van der Waals surface area contributed by atoms with Crippen molar-refractivity contribution >= 4 is 12.3 Å². The molecule has 5 fully saturated rings. The van der Waals surface area contributed by atoms with Crippen molar-refractivity contribution in [3.63, 3.8) is 0 Å². The van der Waals surface area contributed by atoms with Crippen molar-refractivity contribution < 1.29 is 43.9 Å². The molecule has 4 saturated carbocycles. The first-order chi connectivity index (χ1) is 18.5. The molecule has 39 heavy (non-hydrogen) atoms. The van der Waals surface area contributed by atoms with E-state index in [1.54, 1.807) is 20.1 Å². The maximum absolute atomic E-state index is 13.0. The number of methoxy groups -OCH3 is 1. The number of aliphatic hydroxyl groups excluding tert-OH is 1. The molecule has 6 rings (SSSR count). The Morgan fingerprint density at radius 2 is 1.85 bits per heavy atom. The molecule has 0 aromatic carbocycles. The summed E-state index contributed by atoms with van der Waals surface area (Å²) < 4.78 is 22.9. The summed E-state index contributed by atoms with van der Waals surface area (Å²) in [5.41, 5.74) is -2.52. The van der Waals surface area contributed by atoms with Crippen LogP contribution in [-0.2, 0) is 28.5 Å². The summed E-state index contributed by atoms with van der Waals surface area (Å²) in [4.78, 5) is 24.8. The second kappa shape index (κ2) is 9.60. The average molecular weight is 549 g/mol. The molecule has 3 N–H and O–H groups in total. The molecule has 0 bridgehead atoms. The van der Waals surface area contributed by atoms with Gasteiger partial charge in [0, 0.05) is 31.4 Å². The fourth-order valence-corrected chi connectivity index (χ4v) is 9.98. The quantitative estimate of drug-likeness (QED) is 0.269. The van der Waals surface area contributed by atoms with Crippen molar-refractivity contribution in [2.24, 2.45) is 28.6 Å². The fourth-order valence-electron chi connectivity index (χ4n) is 9.98. The highest BCUT2D eigenvalue weighted by Crippen LogP contribution is 2.70. The molecule has 9 nitrogen and oxygen atoms in total. The third kappa shape index (κ3) is 3.94. The Morgan fingerprint density at radius 3 is 2.54 bits per heavy atom. The van der Waals surface area contributed by atoms with E-state index < -0.39 is 40.5 Å². The third-order valence-corrected chi connectivity index (χ3v) is 12.1. The number of rotatable bonds is 5. The number of hydrogen-bond acceptors (Lipinski definition) is 9. The van der Waals surface area contributed by atoms with Crippen LogP contribution in [0.5, 0.6) is 0 Å². The summed E-state index contributed by atoms with van der Waals surface area (Å²) in [6.45, 7) is 4.25. The minimum Gasteiger partial charge on any atom is -0.458 e. The summed E-state index contributed by atoms with van der Waals surface area (Å²) in [5.74, 6) is -0.420. The van der Waals surface area contributed by atoms with Crippen LogP contribution in [0.4, 0.5) is 0 Å². The average Bonchev–Trinajstić information content (AvgIpc) is 3.45. The number of fused-ring (bicyclic) bond motifs is 5. The zero-order valence-corrected chi connectivity index (χ0v) is 23.3. The highest BCUT2D eigenvalue weighted by Gasteiger charge is 2.71. The molecular weight excluding hydrogens is 504 g/mol. The minimum atomic E-state index is -1.21. The summed E-state index contributed by atoms with van der Waals surface area (Å²) in [5, 5.41) is 34.8. The number of ether oxygens (including phenoxy) is 4. The Morgan fingerprint density at radius 1 is 1.08 bits per heavy atom. The number of hydrogen-bond donors (Lipinski definition) is 3. The summed E-state index contributed by atoms with van der Waals surface area (Å²) in [6.07, 6.45) is 6.10. The van der Waals surface area contributed by atoms with Gasteiger partial charge in [-0.05, 0) is 81.6 Å². The number of cyclic esters (lactones) is 1. The number of carbonyl (C=O) groups is 2. The van der Waals surface area contributed by atoms with E-state index in [9.17, 15) is 24.9 Å². The van der Waals surface area contributed by atoms with Gasteiger partial charge in [0.05, 0.1) is 34.9 Å². The third-order valence-electron chi connectivity index (χ3n) is 12.1. The van der Waals surface area contributed by atoms with Crippen LogP contribution in [-0.4, -0.2) is 83.2 Å². The van der Waals surface area contributed by atoms with Gasteiger partial charge in [-0.15, -0.1) is 0 Å². The smallest absolute Gasteiger partial charge is 0.331 e. The predicted molar refractivity (Wildman–Crippen MR) is 138 cm³/mol.